The minimum atomic E-state index is -1.95. The molecule has 144 valence electrons. The summed E-state index contributed by atoms with van der Waals surface area (Å²) in [5.41, 5.74) is 3.02. The molecule has 0 bridgehead atoms. The molecule has 0 heterocycles. The molecular formula is C23H43NSi. The second kappa shape index (κ2) is 9.55. The molecule has 1 nitrogen and oxygen atoms in total. The maximum absolute atomic E-state index is 7.52. The minimum Gasteiger partial charge on any atom is -0.350 e. The van der Waals surface area contributed by atoms with E-state index in [1.165, 1.54) is 70.6 Å². The summed E-state index contributed by atoms with van der Waals surface area (Å²) in [7, 11) is -1.95. The van der Waals surface area contributed by atoms with Gasteiger partial charge in [0, 0.05) is 0 Å². The van der Waals surface area contributed by atoms with E-state index in [-0.39, 0.29) is 5.04 Å². The summed E-state index contributed by atoms with van der Waals surface area (Å²) < 4.78 is 0. The van der Waals surface area contributed by atoms with E-state index in [1.807, 2.05) is 0 Å². The first-order valence-electron chi connectivity index (χ1n) is 11.1. The maximum Gasteiger partial charge on any atom is 0.138 e. The lowest BCUT2D eigenvalue weighted by Crippen LogP contribution is -2.61. The molecule has 0 aliphatic heterocycles. The number of rotatable bonds is 4. The number of allylic oxidation sites excluding steroid dienone is 4. The van der Waals surface area contributed by atoms with Crippen molar-refractivity contribution in [1.82, 2.24) is 0 Å². The zero-order chi connectivity index (χ0) is 18.3. The van der Waals surface area contributed by atoms with E-state index in [0.717, 1.165) is 12.0 Å². The van der Waals surface area contributed by atoms with E-state index in [0.29, 0.717) is 5.54 Å². The van der Waals surface area contributed by atoms with Crippen LogP contribution in [0.3, 0.4) is 0 Å². The standard InChI is InChI=1S/C23H43NSi/c1-20(2)25(24,23(3,4)21-16-14-15-17-21)22-18-12-10-8-6-5-7-9-11-13-19-22/h14-16,20,22H,5-13,17-19,24H2,1-4H3. The normalized spacial score (nSPS) is 24.5. The van der Waals surface area contributed by atoms with E-state index >= 15 is 0 Å². The minimum absolute atomic E-state index is 0.201. The first kappa shape index (κ1) is 21.0. The summed E-state index contributed by atoms with van der Waals surface area (Å²) in [5, 5.41) is 7.72. The molecule has 0 aromatic rings. The van der Waals surface area contributed by atoms with Gasteiger partial charge in [0.15, 0.2) is 0 Å². The van der Waals surface area contributed by atoms with Crippen LogP contribution in [0.4, 0.5) is 0 Å². The van der Waals surface area contributed by atoms with Gasteiger partial charge in [-0.1, -0.05) is 122 Å². The second-order valence-corrected chi connectivity index (χ2v) is 14.6. The van der Waals surface area contributed by atoms with E-state index in [9.17, 15) is 0 Å². The van der Waals surface area contributed by atoms with Crippen molar-refractivity contribution in [3.05, 3.63) is 23.8 Å². The molecular weight excluding hydrogens is 318 g/mol. The predicted octanol–water partition coefficient (Wildman–Crippen LogP) is 7.64. The highest BCUT2D eigenvalue weighted by molar-refractivity contribution is 6.82. The van der Waals surface area contributed by atoms with Gasteiger partial charge in [-0.15, -0.1) is 0 Å². The van der Waals surface area contributed by atoms with Crippen LogP contribution in [0.1, 0.15) is 105 Å². The molecule has 2 aliphatic rings. The maximum atomic E-state index is 7.52. The highest BCUT2D eigenvalue weighted by Crippen LogP contribution is 2.55. The van der Waals surface area contributed by atoms with Crippen LogP contribution in [0.25, 0.3) is 0 Å². The second-order valence-electron chi connectivity index (χ2n) is 9.49. The average molecular weight is 362 g/mol. The predicted molar refractivity (Wildman–Crippen MR) is 115 cm³/mol. The molecule has 0 amide bonds. The summed E-state index contributed by atoms with van der Waals surface area (Å²) in [6.45, 7) is 9.81. The monoisotopic (exact) mass is 361 g/mol. The van der Waals surface area contributed by atoms with Gasteiger partial charge in [0.05, 0.1) is 0 Å². The lowest BCUT2D eigenvalue weighted by atomic mass is 10.00. The van der Waals surface area contributed by atoms with Crippen molar-refractivity contribution in [3.8, 4) is 0 Å². The quantitative estimate of drug-likeness (QED) is 0.511. The Morgan fingerprint density at radius 3 is 1.80 bits per heavy atom. The Balaban J connectivity index is 2.20. The Labute approximate surface area is 158 Å². The molecule has 0 radical (unpaired) electrons. The van der Waals surface area contributed by atoms with Crippen LogP contribution in [0.2, 0.25) is 16.1 Å². The van der Waals surface area contributed by atoms with Gasteiger partial charge in [-0.3, -0.25) is 0 Å². The number of hydrogen-bond acceptors (Lipinski definition) is 1. The molecule has 2 aliphatic carbocycles. The van der Waals surface area contributed by atoms with Crippen molar-refractivity contribution in [2.45, 2.75) is 121 Å². The van der Waals surface area contributed by atoms with Crippen LogP contribution < -0.4 is 5.40 Å². The molecule has 0 aromatic heterocycles. The zero-order valence-corrected chi connectivity index (χ0v) is 18.4. The lowest BCUT2D eigenvalue weighted by Gasteiger charge is -2.51. The van der Waals surface area contributed by atoms with E-state index in [2.05, 4.69) is 45.9 Å². The van der Waals surface area contributed by atoms with Crippen molar-refractivity contribution in [2.24, 2.45) is 5.40 Å². The first-order valence-corrected chi connectivity index (χ1v) is 13.3. The van der Waals surface area contributed by atoms with Gasteiger partial charge in [-0.25, -0.2) is 0 Å². The molecule has 2 N–H and O–H groups in total. The fourth-order valence-corrected chi connectivity index (χ4v) is 11.0. The van der Waals surface area contributed by atoms with Crippen LogP contribution in [0.5, 0.6) is 0 Å². The molecule has 1 saturated carbocycles. The van der Waals surface area contributed by atoms with Gasteiger partial charge < -0.3 is 5.40 Å². The summed E-state index contributed by atoms with van der Waals surface area (Å²) in [6.07, 6.45) is 23.7. The van der Waals surface area contributed by atoms with Crippen LogP contribution in [0, 0.1) is 0 Å². The highest BCUT2D eigenvalue weighted by Gasteiger charge is 2.52. The van der Waals surface area contributed by atoms with Gasteiger partial charge in [0.2, 0.25) is 0 Å². The first-order chi connectivity index (χ1) is 11.9. The van der Waals surface area contributed by atoms with Crippen LogP contribution in [-0.4, -0.2) is 8.24 Å². The molecule has 0 saturated heterocycles. The molecule has 0 spiro atoms. The lowest BCUT2D eigenvalue weighted by molar-refractivity contribution is 0.484. The van der Waals surface area contributed by atoms with E-state index < -0.39 is 8.24 Å². The van der Waals surface area contributed by atoms with Gasteiger partial charge in [-0.05, 0) is 22.5 Å². The molecule has 0 aromatic carbocycles. The molecule has 2 heteroatoms. The third-order valence-corrected chi connectivity index (χ3v) is 13.7. The topological polar surface area (TPSA) is 26.0 Å². The Morgan fingerprint density at radius 1 is 0.920 bits per heavy atom. The number of hydrogen-bond donors (Lipinski definition) is 1. The molecule has 1 atom stereocenters. The smallest absolute Gasteiger partial charge is 0.138 e. The largest absolute Gasteiger partial charge is 0.350 e. The van der Waals surface area contributed by atoms with Crippen molar-refractivity contribution in [3.63, 3.8) is 0 Å². The Morgan fingerprint density at radius 2 is 1.40 bits per heavy atom. The van der Waals surface area contributed by atoms with Crippen LogP contribution >= 0.6 is 0 Å². The van der Waals surface area contributed by atoms with Crippen LogP contribution in [0.15, 0.2) is 23.8 Å². The average Bonchev–Trinajstić information content (AvgIpc) is 3.09. The third kappa shape index (κ3) is 4.89. The molecule has 1 fully saturated rings. The third-order valence-electron chi connectivity index (χ3n) is 7.39. The summed E-state index contributed by atoms with van der Waals surface area (Å²) in [5.74, 6) is 0. The Kier molecular flexibility index (Phi) is 8.01. The fourth-order valence-electron chi connectivity index (χ4n) is 5.53. The highest BCUT2D eigenvalue weighted by atomic mass is 28.3. The number of nitrogens with two attached hydrogens (primary N) is 1. The van der Waals surface area contributed by atoms with Crippen molar-refractivity contribution in [1.29, 1.82) is 0 Å². The Bertz CT molecular complexity index is 451. The summed E-state index contributed by atoms with van der Waals surface area (Å²) in [4.78, 5) is 0. The van der Waals surface area contributed by atoms with Crippen molar-refractivity contribution in [2.75, 3.05) is 0 Å². The van der Waals surface area contributed by atoms with E-state index in [4.69, 9.17) is 5.40 Å². The zero-order valence-electron chi connectivity index (χ0n) is 17.4. The summed E-state index contributed by atoms with van der Waals surface area (Å²) in [6, 6.07) is 0. The molecule has 25 heavy (non-hydrogen) atoms. The van der Waals surface area contributed by atoms with E-state index in [1.54, 1.807) is 5.57 Å². The Hall–Kier alpha value is -0.343. The van der Waals surface area contributed by atoms with Crippen LogP contribution in [-0.2, 0) is 0 Å². The van der Waals surface area contributed by atoms with Gasteiger partial charge in [0.1, 0.15) is 8.24 Å². The van der Waals surface area contributed by atoms with Crippen molar-refractivity contribution < 1.29 is 0 Å². The van der Waals surface area contributed by atoms with Gasteiger partial charge >= 0.3 is 0 Å². The SMILES string of the molecule is CC(C)[Si](N)(C1CCCCCCCCCCC1)C(C)(C)C1=CC=CC1. The van der Waals surface area contributed by atoms with Crippen molar-refractivity contribution >= 4 is 8.24 Å². The fraction of sp³-hybridized carbons (Fsp3) is 0.826. The molecule has 2 rings (SSSR count). The van der Waals surface area contributed by atoms with Gasteiger partial charge in [0.25, 0.3) is 0 Å². The summed E-state index contributed by atoms with van der Waals surface area (Å²) >= 11 is 0. The van der Waals surface area contributed by atoms with Gasteiger partial charge in [-0.2, -0.15) is 0 Å². The molecule has 1 unspecified atom stereocenters.